The van der Waals surface area contributed by atoms with Gasteiger partial charge in [0.05, 0.1) is 5.41 Å². The molecule has 186 valence electrons. The minimum absolute atomic E-state index is 0.410. The molecule has 0 heteroatoms. The quantitative estimate of drug-likeness (QED) is 0.212. The normalized spacial score (nSPS) is 13.7. The van der Waals surface area contributed by atoms with Crippen LogP contribution in [0.15, 0.2) is 140 Å². The van der Waals surface area contributed by atoms with Crippen LogP contribution in [0.1, 0.15) is 45.9 Å². The van der Waals surface area contributed by atoms with Gasteiger partial charge in [-0.25, -0.2) is 0 Å². The van der Waals surface area contributed by atoms with Gasteiger partial charge in [-0.3, -0.25) is 0 Å². The van der Waals surface area contributed by atoms with E-state index in [0.29, 0.717) is 0 Å². The van der Waals surface area contributed by atoms with Gasteiger partial charge in [0.1, 0.15) is 0 Å². The second-order valence-corrected chi connectivity index (χ2v) is 10.6. The molecule has 39 heavy (non-hydrogen) atoms. The van der Waals surface area contributed by atoms with Gasteiger partial charge in [0.25, 0.3) is 0 Å². The summed E-state index contributed by atoms with van der Waals surface area (Å²) >= 11 is 0. The molecule has 0 unspecified atom stereocenters. The molecule has 0 bridgehead atoms. The lowest BCUT2D eigenvalue weighted by Crippen LogP contribution is -2.28. The molecule has 6 aromatic rings. The lowest BCUT2D eigenvalue weighted by Gasteiger charge is -2.34. The molecule has 7 rings (SSSR count). The minimum Gasteiger partial charge on any atom is -0.0622 e. The van der Waals surface area contributed by atoms with Gasteiger partial charge in [-0.1, -0.05) is 140 Å². The summed E-state index contributed by atoms with van der Waals surface area (Å²) in [5, 5.41) is 2.65. The highest BCUT2D eigenvalue weighted by atomic mass is 14.5. The van der Waals surface area contributed by atoms with Crippen LogP contribution in [0.2, 0.25) is 0 Å². The first-order chi connectivity index (χ1) is 19.2. The van der Waals surface area contributed by atoms with Crippen molar-refractivity contribution in [1.29, 1.82) is 0 Å². The summed E-state index contributed by atoms with van der Waals surface area (Å²) in [5.41, 5.74) is 12.6. The average Bonchev–Trinajstić information content (AvgIpc) is 3.29. The summed E-state index contributed by atoms with van der Waals surface area (Å²) in [6.45, 7) is 4.46. The van der Waals surface area contributed by atoms with Crippen LogP contribution in [0.25, 0.3) is 33.5 Å². The van der Waals surface area contributed by atoms with Crippen molar-refractivity contribution in [3.63, 3.8) is 0 Å². The Hall–Kier alpha value is -4.68. The maximum absolute atomic E-state index is 2.45. The third-order valence-corrected chi connectivity index (χ3v) is 8.40. The first-order valence-corrected chi connectivity index (χ1v) is 13.7. The topological polar surface area (TPSA) is 0 Å². The van der Waals surface area contributed by atoms with E-state index in [2.05, 4.69) is 159 Å². The van der Waals surface area contributed by atoms with Gasteiger partial charge in [0.2, 0.25) is 0 Å². The summed E-state index contributed by atoms with van der Waals surface area (Å²) < 4.78 is 0. The summed E-state index contributed by atoms with van der Waals surface area (Å²) in [6, 6.07) is 51.2. The fourth-order valence-electron chi connectivity index (χ4n) is 6.67. The van der Waals surface area contributed by atoms with Crippen LogP contribution >= 0.6 is 0 Å². The van der Waals surface area contributed by atoms with Crippen LogP contribution in [-0.2, 0) is 5.41 Å². The standard InChI is InChI=1S/C39H30/c1-27(30-14-6-3-7-15-30)24-29-22-23-35-36(26-29)39(31-16-8-4-9-17-31,32-18-10-5-11-19-32)37-25-28(2)33-20-12-13-21-34(33)38(35)37/h3-26H,1-2H3. The molecule has 0 aromatic heterocycles. The van der Waals surface area contributed by atoms with Gasteiger partial charge in [0.15, 0.2) is 0 Å². The smallest absolute Gasteiger partial charge is 0.0622 e. The summed E-state index contributed by atoms with van der Waals surface area (Å²) in [7, 11) is 0. The fourth-order valence-corrected chi connectivity index (χ4v) is 6.67. The van der Waals surface area contributed by atoms with Crippen molar-refractivity contribution in [2.24, 2.45) is 0 Å². The van der Waals surface area contributed by atoms with E-state index >= 15 is 0 Å². The Bertz CT molecular complexity index is 1800. The molecule has 1 aliphatic carbocycles. The van der Waals surface area contributed by atoms with Crippen molar-refractivity contribution in [2.45, 2.75) is 19.3 Å². The molecule has 6 aromatic carbocycles. The monoisotopic (exact) mass is 498 g/mol. The largest absolute Gasteiger partial charge is 0.0714 e. The summed E-state index contributed by atoms with van der Waals surface area (Å²) in [6.07, 6.45) is 2.32. The molecule has 0 saturated heterocycles. The molecule has 0 saturated carbocycles. The Morgan fingerprint density at radius 1 is 0.564 bits per heavy atom. The Balaban J connectivity index is 1.60. The van der Waals surface area contributed by atoms with Crippen molar-refractivity contribution in [3.05, 3.63) is 178 Å². The summed E-state index contributed by atoms with van der Waals surface area (Å²) in [4.78, 5) is 0. The molecule has 0 radical (unpaired) electrons. The predicted octanol–water partition coefficient (Wildman–Crippen LogP) is 10.1. The molecule has 0 atom stereocenters. The first-order valence-electron chi connectivity index (χ1n) is 13.7. The van der Waals surface area contributed by atoms with Crippen LogP contribution < -0.4 is 0 Å². The third kappa shape index (κ3) is 3.60. The highest BCUT2D eigenvalue weighted by molar-refractivity contribution is 6.05. The molecular formula is C39H30. The summed E-state index contributed by atoms with van der Waals surface area (Å²) in [5.74, 6) is 0. The molecular weight excluding hydrogens is 468 g/mol. The SMILES string of the molecule is CC(=Cc1ccc2c(c1)C(c1ccccc1)(c1ccccc1)c1cc(C)c3ccccc3c1-2)c1ccccc1. The third-order valence-electron chi connectivity index (χ3n) is 8.40. The van der Waals surface area contributed by atoms with Crippen LogP contribution in [0.4, 0.5) is 0 Å². The Labute approximate surface area is 230 Å². The number of aryl methyl sites for hydroxylation is 1. The predicted molar refractivity (Wildman–Crippen MR) is 166 cm³/mol. The van der Waals surface area contributed by atoms with E-state index in [4.69, 9.17) is 0 Å². The van der Waals surface area contributed by atoms with Gasteiger partial charge in [0, 0.05) is 0 Å². The van der Waals surface area contributed by atoms with Gasteiger partial charge >= 0.3 is 0 Å². The maximum Gasteiger partial charge on any atom is 0.0714 e. The first kappa shape index (κ1) is 23.4. The molecule has 0 fully saturated rings. The van der Waals surface area contributed by atoms with Crippen molar-refractivity contribution in [3.8, 4) is 11.1 Å². The second-order valence-electron chi connectivity index (χ2n) is 10.6. The molecule has 0 nitrogen and oxygen atoms in total. The lowest BCUT2D eigenvalue weighted by atomic mass is 9.67. The number of rotatable bonds is 4. The zero-order valence-electron chi connectivity index (χ0n) is 22.4. The van der Waals surface area contributed by atoms with Crippen molar-refractivity contribution < 1.29 is 0 Å². The number of fused-ring (bicyclic) bond motifs is 5. The van der Waals surface area contributed by atoms with Crippen LogP contribution in [-0.4, -0.2) is 0 Å². The van der Waals surface area contributed by atoms with Gasteiger partial charge in [-0.2, -0.15) is 0 Å². The van der Waals surface area contributed by atoms with Crippen LogP contribution in [0.5, 0.6) is 0 Å². The zero-order valence-corrected chi connectivity index (χ0v) is 22.4. The lowest BCUT2D eigenvalue weighted by molar-refractivity contribution is 0.768. The Kier molecular flexibility index (Phi) is 5.56. The van der Waals surface area contributed by atoms with Gasteiger partial charge in [-0.05, 0) is 86.3 Å². The van der Waals surface area contributed by atoms with Crippen molar-refractivity contribution >= 4 is 22.4 Å². The van der Waals surface area contributed by atoms with Crippen molar-refractivity contribution in [1.82, 2.24) is 0 Å². The average molecular weight is 499 g/mol. The van der Waals surface area contributed by atoms with E-state index in [1.165, 1.54) is 66.4 Å². The Morgan fingerprint density at radius 3 is 1.77 bits per heavy atom. The van der Waals surface area contributed by atoms with Crippen LogP contribution in [0.3, 0.4) is 0 Å². The van der Waals surface area contributed by atoms with Gasteiger partial charge < -0.3 is 0 Å². The second kappa shape index (κ2) is 9.26. The molecule has 0 N–H and O–H groups in total. The van der Waals surface area contributed by atoms with E-state index in [-0.39, 0.29) is 0 Å². The Morgan fingerprint density at radius 2 is 1.13 bits per heavy atom. The van der Waals surface area contributed by atoms with E-state index in [0.717, 1.165) is 0 Å². The molecule has 0 amide bonds. The number of hydrogen-bond donors (Lipinski definition) is 0. The highest BCUT2D eigenvalue weighted by Crippen LogP contribution is 2.58. The number of hydrogen-bond acceptors (Lipinski definition) is 0. The van der Waals surface area contributed by atoms with Gasteiger partial charge in [-0.15, -0.1) is 0 Å². The molecule has 0 spiro atoms. The molecule has 0 aliphatic heterocycles. The minimum atomic E-state index is -0.410. The highest BCUT2D eigenvalue weighted by Gasteiger charge is 2.46. The van der Waals surface area contributed by atoms with E-state index in [1.807, 2.05) is 0 Å². The fraction of sp³-hybridized carbons (Fsp3) is 0.0769. The van der Waals surface area contributed by atoms with Crippen molar-refractivity contribution in [2.75, 3.05) is 0 Å². The van der Waals surface area contributed by atoms with Crippen LogP contribution in [0, 0.1) is 6.92 Å². The zero-order chi connectivity index (χ0) is 26.4. The van der Waals surface area contributed by atoms with E-state index < -0.39 is 5.41 Å². The molecule has 1 aliphatic rings. The molecule has 0 heterocycles. The number of benzene rings is 6. The van der Waals surface area contributed by atoms with E-state index in [9.17, 15) is 0 Å². The number of allylic oxidation sites excluding steroid dienone is 1. The van der Waals surface area contributed by atoms with E-state index in [1.54, 1.807) is 0 Å². The maximum atomic E-state index is 2.45.